The maximum absolute atomic E-state index is 13.0. The number of hydrogen-bond donors (Lipinski definition) is 3. The lowest BCUT2D eigenvalue weighted by atomic mass is 10.3. The summed E-state index contributed by atoms with van der Waals surface area (Å²) in [4.78, 5) is 13.0. The van der Waals surface area contributed by atoms with Crippen molar-refractivity contribution in [1.29, 1.82) is 0 Å². The molecule has 23 heavy (non-hydrogen) atoms. The van der Waals surface area contributed by atoms with Crippen LogP contribution in [0.1, 0.15) is 0 Å². The summed E-state index contributed by atoms with van der Waals surface area (Å²) in [6, 6.07) is 9.95. The fraction of sp³-hybridized carbons (Fsp3) is 0. The van der Waals surface area contributed by atoms with E-state index in [0.717, 1.165) is 21.7 Å². The summed E-state index contributed by atoms with van der Waals surface area (Å²) in [6.07, 6.45) is 3.47. The smallest absolute Gasteiger partial charge is 0.196 e. The maximum Gasteiger partial charge on any atom is 0.196 e. The number of nitrogens with one attached hydrogen (secondary N) is 3. The first-order valence-corrected chi connectivity index (χ1v) is 7.64. The van der Waals surface area contributed by atoms with Crippen LogP contribution in [0.4, 0.5) is 16.0 Å². The van der Waals surface area contributed by atoms with Crippen LogP contribution in [-0.2, 0) is 0 Å². The van der Waals surface area contributed by atoms with Gasteiger partial charge in [0.2, 0.25) is 0 Å². The zero-order valence-corrected chi connectivity index (χ0v) is 12.6. The van der Waals surface area contributed by atoms with Crippen molar-refractivity contribution in [2.24, 2.45) is 0 Å². The zero-order valence-electron chi connectivity index (χ0n) is 11.7. The number of fused-ring (bicyclic) bond motifs is 1. The molecule has 0 saturated carbocycles. The highest BCUT2D eigenvalue weighted by atomic mass is 32.2. The van der Waals surface area contributed by atoms with Crippen LogP contribution in [0.2, 0.25) is 0 Å². The molecule has 0 unspecified atom stereocenters. The largest absolute Gasteiger partial charge is 0.346 e. The first-order valence-electron chi connectivity index (χ1n) is 6.83. The molecular formula is C15H11FN6S. The molecule has 0 bridgehead atoms. The van der Waals surface area contributed by atoms with Gasteiger partial charge in [0.25, 0.3) is 0 Å². The van der Waals surface area contributed by atoms with Gasteiger partial charge >= 0.3 is 0 Å². The highest BCUT2D eigenvalue weighted by Gasteiger charge is 2.11. The minimum Gasteiger partial charge on any atom is -0.346 e. The van der Waals surface area contributed by atoms with Gasteiger partial charge in [-0.15, -0.1) is 0 Å². The van der Waals surface area contributed by atoms with Crippen LogP contribution >= 0.6 is 11.8 Å². The summed E-state index contributed by atoms with van der Waals surface area (Å²) in [5, 5.41) is 11.4. The fourth-order valence-electron chi connectivity index (χ4n) is 2.12. The lowest BCUT2D eigenvalue weighted by molar-refractivity contribution is 0.626. The molecule has 8 heteroatoms. The van der Waals surface area contributed by atoms with Crippen LogP contribution in [0.25, 0.3) is 11.0 Å². The van der Waals surface area contributed by atoms with E-state index in [0.29, 0.717) is 11.0 Å². The molecule has 6 nitrogen and oxygen atoms in total. The maximum atomic E-state index is 13.0. The van der Waals surface area contributed by atoms with Crippen LogP contribution in [0.3, 0.4) is 0 Å². The minimum absolute atomic E-state index is 0.267. The number of aromatic nitrogens is 5. The molecule has 0 radical (unpaired) electrons. The normalized spacial score (nSPS) is 11.0. The van der Waals surface area contributed by atoms with E-state index in [9.17, 15) is 4.39 Å². The summed E-state index contributed by atoms with van der Waals surface area (Å²) in [5.74, 6) is 1.14. The van der Waals surface area contributed by atoms with E-state index in [2.05, 4.69) is 30.5 Å². The molecule has 3 N–H and O–H groups in total. The first kappa shape index (κ1) is 13.8. The quantitative estimate of drug-likeness (QED) is 0.498. The topological polar surface area (TPSA) is 82.3 Å². The van der Waals surface area contributed by atoms with E-state index in [4.69, 9.17) is 0 Å². The van der Waals surface area contributed by atoms with Crippen molar-refractivity contribution in [2.75, 3.05) is 5.32 Å². The van der Waals surface area contributed by atoms with Crippen LogP contribution in [0, 0.1) is 5.82 Å². The lowest BCUT2D eigenvalue weighted by Gasteiger charge is -2.07. The Morgan fingerprint density at radius 1 is 1.04 bits per heavy atom. The van der Waals surface area contributed by atoms with Crippen LogP contribution in [-0.4, -0.2) is 25.1 Å². The van der Waals surface area contributed by atoms with Crippen LogP contribution in [0.5, 0.6) is 0 Å². The molecule has 4 aromatic rings. The van der Waals surface area contributed by atoms with Crippen molar-refractivity contribution in [3.63, 3.8) is 0 Å². The van der Waals surface area contributed by atoms with E-state index in [1.807, 2.05) is 18.3 Å². The predicted molar refractivity (Wildman–Crippen MR) is 86.3 cm³/mol. The molecule has 4 rings (SSSR count). The molecule has 0 aliphatic rings. The van der Waals surface area contributed by atoms with E-state index in [1.54, 1.807) is 18.3 Å². The standard InChI is InChI=1S/C15H11FN6S/c16-9-1-3-10(4-2-9)23-15-20-13-11(5-7-17-13)14(21-15)19-12-6-8-18-22-12/h1-8H,(H3,17,18,19,20,21,22). The molecule has 3 heterocycles. The van der Waals surface area contributed by atoms with Crippen molar-refractivity contribution in [1.82, 2.24) is 25.1 Å². The third-order valence-corrected chi connectivity index (χ3v) is 4.04. The second kappa shape index (κ2) is 5.73. The Morgan fingerprint density at radius 3 is 2.70 bits per heavy atom. The summed E-state index contributed by atoms with van der Waals surface area (Å²) >= 11 is 1.37. The molecule has 114 valence electrons. The summed E-state index contributed by atoms with van der Waals surface area (Å²) < 4.78 is 13.0. The van der Waals surface area contributed by atoms with Crippen molar-refractivity contribution >= 4 is 34.4 Å². The minimum atomic E-state index is -0.267. The Balaban J connectivity index is 1.71. The molecule has 0 spiro atoms. The van der Waals surface area contributed by atoms with Crippen LogP contribution < -0.4 is 5.32 Å². The van der Waals surface area contributed by atoms with Crippen molar-refractivity contribution in [2.45, 2.75) is 10.1 Å². The number of rotatable bonds is 4. The van der Waals surface area contributed by atoms with Gasteiger partial charge in [-0.1, -0.05) is 0 Å². The van der Waals surface area contributed by atoms with Crippen molar-refractivity contribution in [3.05, 3.63) is 54.6 Å². The number of benzene rings is 1. The molecular weight excluding hydrogens is 315 g/mol. The number of halogens is 1. The second-order valence-corrected chi connectivity index (χ2v) is 5.79. The molecule has 1 aromatic carbocycles. The summed E-state index contributed by atoms with van der Waals surface area (Å²) in [6.45, 7) is 0. The average molecular weight is 326 g/mol. The SMILES string of the molecule is Fc1ccc(Sc2nc(Nc3ccn[nH]3)c3cc[nH]c3n2)cc1. The van der Waals surface area contributed by atoms with E-state index in [-0.39, 0.29) is 5.82 Å². The predicted octanol–water partition coefficient (Wildman–Crippen LogP) is 3.71. The van der Waals surface area contributed by atoms with Crippen LogP contribution in [0.15, 0.2) is 58.8 Å². The van der Waals surface area contributed by atoms with Gasteiger partial charge in [0.15, 0.2) is 5.16 Å². The molecule has 0 aliphatic carbocycles. The van der Waals surface area contributed by atoms with Gasteiger partial charge in [-0.3, -0.25) is 5.10 Å². The second-order valence-electron chi connectivity index (χ2n) is 4.75. The van der Waals surface area contributed by atoms with Crippen molar-refractivity contribution < 1.29 is 4.39 Å². The Hall–Kier alpha value is -2.87. The van der Waals surface area contributed by atoms with Gasteiger partial charge in [-0.2, -0.15) is 5.10 Å². The van der Waals surface area contributed by atoms with E-state index < -0.39 is 0 Å². The number of H-pyrrole nitrogens is 2. The average Bonchev–Trinajstić information content (AvgIpc) is 3.21. The molecule has 0 amide bonds. The number of nitrogens with zero attached hydrogens (tertiary/aromatic N) is 3. The summed E-state index contributed by atoms with van der Waals surface area (Å²) in [7, 11) is 0. The molecule has 0 aliphatic heterocycles. The Kier molecular flexibility index (Phi) is 3.43. The number of hydrogen-bond acceptors (Lipinski definition) is 5. The Bertz CT molecular complexity index is 932. The highest BCUT2D eigenvalue weighted by molar-refractivity contribution is 7.99. The van der Waals surface area contributed by atoms with E-state index >= 15 is 0 Å². The lowest BCUT2D eigenvalue weighted by Crippen LogP contribution is -1.98. The molecule has 0 saturated heterocycles. The third-order valence-electron chi connectivity index (χ3n) is 3.17. The Morgan fingerprint density at radius 2 is 1.91 bits per heavy atom. The van der Waals surface area contributed by atoms with Gasteiger partial charge in [-0.05, 0) is 42.1 Å². The number of anilines is 2. The van der Waals surface area contributed by atoms with Gasteiger partial charge in [0.05, 0.1) is 11.6 Å². The van der Waals surface area contributed by atoms with Gasteiger partial charge < -0.3 is 10.3 Å². The molecule has 0 fully saturated rings. The Labute approximate surface area is 134 Å². The number of aromatic amines is 2. The van der Waals surface area contributed by atoms with Gasteiger partial charge in [-0.25, -0.2) is 14.4 Å². The van der Waals surface area contributed by atoms with Gasteiger partial charge in [0.1, 0.15) is 23.1 Å². The zero-order chi connectivity index (χ0) is 15.6. The molecule has 0 atom stereocenters. The molecule has 3 aromatic heterocycles. The monoisotopic (exact) mass is 326 g/mol. The third kappa shape index (κ3) is 2.88. The summed E-state index contributed by atoms with van der Waals surface area (Å²) in [5.41, 5.74) is 0.728. The van der Waals surface area contributed by atoms with E-state index in [1.165, 1.54) is 23.9 Å². The fourth-order valence-corrected chi connectivity index (χ4v) is 2.88. The first-order chi connectivity index (χ1) is 11.3. The van der Waals surface area contributed by atoms with Gasteiger partial charge in [0, 0.05) is 17.2 Å². The highest BCUT2D eigenvalue weighted by Crippen LogP contribution is 2.29. The van der Waals surface area contributed by atoms with Crippen molar-refractivity contribution in [3.8, 4) is 0 Å².